The van der Waals surface area contributed by atoms with Crippen LogP contribution in [0.5, 0.6) is 0 Å². The molecule has 3 rings (SSSR count). The van der Waals surface area contributed by atoms with Crippen LogP contribution in [0.2, 0.25) is 5.02 Å². The molecule has 0 radical (unpaired) electrons. The van der Waals surface area contributed by atoms with Crippen molar-refractivity contribution in [1.82, 2.24) is 0 Å². The maximum absolute atomic E-state index is 12.3. The van der Waals surface area contributed by atoms with Gasteiger partial charge in [-0.1, -0.05) is 11.6 Å². The van der Waals surface area contributed by atoms with Crippen molar-refractivity contribution in [3.63, 3.8) is 0 Å². The third-order valence-corrected chi connectivity index (χ3v) is 4.41. The van der Waals surface area contributed by atoms with Crippen LogP contribution in [-0.2, 0) is 20.0 Å². The molecular formula is C15H14ClNO4. The largest absolute Gasteiger partial charge is 0.375 e. The molecule has 0 bridgehead atoms. The lowest BCUT2D eigenvalue weighted by molar-refractivity contribution is -0.143. The van der Waals surface area contributed by atoms with E-state index in [0.717, 1.165) is 0 Å². The highest BCUT2D eigenvalue weighted by Gasteiger charge is 2.48. The second-order valence-electron chi connectivity index (χ2n) is 5.56. The zero-order chi connectivity index (χ0) is 15.2. The number of ketones is 2. The number of Topliss-reactive ketones (excluding diaryl/α,β-unsaturated/α-hetero) is 2. The number of aliphatic hydroxyl groups is 1. The van der Waals surface area contributed by atoms with Crippen LogP contribution in [0.15, 0.2) is 18.2 Å². The predicted octanol–water partition coefficient (Wildman–Crippen LogP) is 1.81. The van der Waals surface area contributed by atoms with Gasteiger partial charge in [0.05, 0.1) is 5.92 Å². The Balaban J connectivity index is 1.91. The molecule has 2 atom stereocenters. The SMILES string of the molecule is O=C1CCCC1C(=O)CC1(O)C(=O)Nc2ccc(Cl)cc21. The van der Waals surface area contributed by atoms with Crippen molar-refractivity contribution in [3.05, 3.63) is 28.8 Å². The van der Waals surface area contributed by atoms with Crippen LogP contribution in [-0.4, -0.2) is 22.6 Å². The van der Waals surface area contributed by atoms with Crippen molar-refractivity contribution in [2.75, 3.05) is 5.32 Å². The summed E-state index contributed by atoms with van der Waals surface area (Å²) in [7, 11) is 0. The number of benzene rings is 1. The van der Waals surface area contributed by atoms with Crippen molar-refractivity contribution in [2.45, 2.75) is 31.3 Å². The molecule has 110 valence electrons. The Bertz CT molecular complexity index is 657. The zero-order valence-electron chi connectivity index (χ0n) is 11.2. The number of hydrogen-bond acceptors (Lipinski definition) is 4. The van der Waals surface area contributed by atoms with E-state index in [9.17, 15) is 19.5 Å². The molecule has 0 saturated heterocycles. The maximum Gasteiger partial charge on any atom is 0.261 e. The second-order valence-corrected chi connectivity index (χ2v) is 5.99. The fourth-order valence-electron chi connectivity index (χ4n) is 3.02. The Morgan fingerprint density at radius 1 is 1.43 bits per heavy atom. The van der Waals surface area contributed by atoms with Crippen LogP contribution in [0.4, 0.5) is 5.69 Å². The lowest BCUT2D eigenvalue weighted by atomic mass is 9.85. The molecule has 2 aliphatic rings. The summed E-state index contributed by atoms with van der Waals surface area (Å²) in [4.78, 5) is 36.0. The Kier molecular flexibility index (Phi) is 3.34. The van der Waals surface area contributed by atoms with E-state index in [1.807, 2.05) is 0 Å². The van der Waals surface area contributed by atoms with E-state index in [0.29, 0.717) is 35.5 Å². The number of carbonyl (C=O) groups excluding carboxylic acids is 3. The van der Waals surface area contributed by atoms with Gasteiger partial charge in [0.2, 0.25) is 0 Å². The van der Waals surface area contributed by atoms with Crippen LogP contribution in [0.1, 0.15) is 31.2 Å². The molecule has 0 spiro atoms. The Morgan fingerprint density at radius 2 is 2.19 bits per heavy atom. The third kappa shape index (κ3) is 2.26. The van der Waals surface area contributed by atoms with E-state index in [4.69, 9.17) is 11.6 Å². The summed E-state index contributed by atoms with van der Waals surface area (Å²) in [5.41, 5.74) is -1.21. The highest BCUT2D eigenvalue weighted by molar-refractivity contribution is 6.31. The van der Waals surface area contributed by atoms with Crippen molar-refractivity contribution < 1.29 is 19.5 Å². The van der Waals surface area contributed by atoms with E-state index in [2.05, 4.69) is 5.32 Å². The van der Waals surface area contributed by atoms with E-state index >= 15 is 0 Å². The number of hydrogen-bond donors (Lipinski definition) is 2. The van der Waals surface area contributed by atoms with Gasteiger partial charge in [-0.15, -0.1) is 0 Å². The lowest BCUT2D eigenvalue weighted by Gasteiger charge is -2.21. The van der Waals surface area contributed by atoms with Gasteiger partial charge in [0.25, 0.3) is 5.91 Å². The van der Waals surface area contributed by atoms with Gasteiger partial charge in [0.15, 0.2) is 5.60 Å². The highest BCUT2D eigenvalue weighted by Crippen LogP contribution is 2.41. The topological polar surface area (TPSA) is 83.5 Å². The minimum atomic E-state index is -1.94. The normalized spacial score (nSPS) is 27.6. The summed E-state index contributed by atoms with van der Waals surface area (Å²) in [6.45, 7) is 0. The van der Waals surface area contributed by atoms with Gasteiger partial charge < -0.3 is 10.4 Å². The molecule has 1 fully saturated rings. The van der Waals surface area contributed by atoms with E-state index in [1.54, 1.807) is 12.1 Å². The molecule has 2 unspecified atom stereocenters. The maximum atomic E-state index is 12.3. The molecule has 1 saturated carbocycles. The summed E-state index contributed by atoms with van der Waals surface area (Å²) in [6.07, 6.45) is 1.17. The zero-order valence-corrected chi connectivity index (χ0v) is 11.9. The van der Waals surface area contributed by atoms with Gasteiger partial charge in [0.1, 0.15) is 11.6 Å². The fourth-order valence-corrected chi connectivity index (χ4v) is 3.19. The summed E-state index contributed by atoms with van der Waals surface area (Å²) in [5.74, 6) is -1.83. The first kappa shape index (κ1) is 14.2. The molecule has 1 aliphatic heterocycles. The number of fused-ring (bicyclic) bond motifs is 1. The molecule has 6 heteroatoms. The average molecular weight is 308 g/mol. The smallest absolute Gasteiger partial charge is 0.261 e. The van der Waals surface area contributed by atoms with Gasteiger partial charge in [0, 0.05) is 29.1 Å². The predicted molar refractivity (Wildman–Crippen MR) is 76.0 cm³/mol. The van der Waals surface area contributed by atoms with Crippen molar-refractivity contribution >= 4 is 34.8 Å². The number of rotatable bonds is 3. The quantitative estimate of drug-likeness (QED) is 0.834. The minimum absolute atomic E-state index is 0.103. The Labute approximate surface area is 126 Å². The van der Waals surface area contributed by atoms with Crippen molar-refractivity contribution in [1.29, 1.82) is 0 Å². The molecule has 1 aromatic rings. The first-order chi connectivity index (χ1) is 9.91. The molecule has 21 heavy (non-hydrogen) atoms. The number of carbonyl (C=O) groups is 3. The van der Waals surface area contributed by atoms with Crippen LogP contribution in [0.3, 0.4) is 0 Å². The monoisotopic (exact) mass is 307 g/mol. The number of halogens is 1. The first-order valence-corrected chi connectivity index (χ1v) is 7.19. The summed E-state index contributed by atoms with van der Waals surface area (Å²) in [5, 5.41) is 13.6. The molecule has 5 nitrogen and oxygen atoms in total. The van der Waals surface area contributed by atoms with Crippen LogP contribution >= 0.6 is 11.6 Å². The summed E-state index contributed by atoms with van der Waals surface area (Å²) < 4.78 is 0. The van der Waals surface area contributed by atoms with Crippen LogP contribution in [0.25, 0.3) is 0 Å². The summed E-state index contributed by atoms with van der Waals surface area (Å²) in [6, 6.07) is 4.64. The van der Waals surface area contributed by atoms with E-state index < -0.39 is 23.8 Å². The molecule has 1 aliphatic carbocycles. The van der Waals surface area contributed by atoms with Crippen LogP contribution < -0.4 is 5.32 Å². The standard InChI is InChI=1S/C15H14ClNO4/c16-8-4-5-11-10(6-8)15(21,14(20)17-11)7-13(19)9-2-1-3-12(9)18/h4-6,9,21H,1-3,7H2,(H,17,20). The van der Waals surface area contributed by atoms with Crippen molar-refractivity contribution in [2.24, 2.45) is 5.92 Å². The van der Waals surface area contributed by atoms with Gasteiger partial charge in [-0.2, -0.15) is 0 Å². The Hall–Kier alpha value is -1.72. The summed E-state index contributed by atoms with van der Waals surface area (Å²) >= 11 is 5.90. The second kappa shape index (κ2) is 4.93. The lowest BCUT2D eigenvalue weighted by Crippen LogP contribution is -2.38. The first-order valence-electron chi connectivity index (χ1n) is 6.81. The highest BCUT2D eigenvalue weighted by atomic mass is 35.5. The molecule has 2 N–H and O–H groups in total. The van der Waals surface area contributed by atoms with Gasteiger partial charge >= 0.3 is 0 Å². The number of anilines is 1. The van der Waals surface area contributed by atoms with Crippen LogP contribution in [0, 0.1) is 5.92 Å². The number of nitrogens with one attached hydrogen (secondary N) is 1. The fraction of sp³-hybridized carbons (Fsp3) is 0.400. The molecule has 1 heterocycles. The van der Waals surface area contributed by atoms with Crippen molar-refractivity contribution in [3.8, 4) is 0 Å². The molecule has 1 amide bonds. The van der Waals surface area contributed by atoms with E-state index in [-0.39, 0.29) is 11.6 Å². The molecule has 0 aromatic heterocycles. The Morgan fingerprint density at radius 3 is 2.86 bits per heavy atom. The van der Waals surface area contributed by atoms with E-state index in [1.165, 1.54) is 6.07 Å². The van der Waals surface area contributed by atoms with Gasteiger partial charge in [-0.25, -0.2) is 0 Å². The number of amides is 1. The minimum Gasteiger partial charge on any atom is -0.375 e. The van der Waals surface area contributed by atoms with Gasteiger partial charge in [-0.05, 0) is 31.0 Å². The average Bonchev–Trinajstić information content (AvgIpc) is 2.95. The molecule has 1 aromatic carbocycles. The van der Waals surface area contributed by atoms with Gasteiger partial charge in [-0.3, -0.25) is 14.4 Å². The molecular weight excluding hydrogens is 294 g/mol. The third-order valence-electron chi connectivity index (χ3n) is 4.17.